The summed E-state index contributed by atoms with van der Waals surface area (Å²) < 4.78 is 14.6. The van der Waals surface area contributed by atoms with E-state index >= 15 is 0 Å². The molecule has 0 N–H and O–H groups in total. The predicted octanol–water partition coefficient (Wildman–Crippen LogP) is 6.41. The molecule has 0 radical (unpaired) electrons. The molecule has 0 amide bonds. The van der Waals surface area contributed by atoms with E-state index in [1.807, 2.05) is 49.4 Å². The van der Waals surface area contributed by atoms with E-state index in [-0.39, 0.29) is 11.4 Å². The Balaban J connectivity index is 1.58. The molecular weight excluding hydrogens is 504 g/mol. The highest BCUT2D eigenvalue weighted by Crippen LogP contribution is 2.27. The Labute approximate surface area is 231 Å². The van der Waals surface area contributed by atoms with E-state index in [0.29, 0.717) is 40.2 Å². The van der Waals surface area contributed by atoms with Crippen molar-refractivity contribution in [1.29, 1.82) is 0 Å². The van der Waals surface area contributed by atoms with Crippen molar-refractivity contribution in [1.82, 2.24) is 9.36 Å². The summed E-state index contributed by atoms with van der Waals surface area (Å²) in [6.45, 7) is 2.04. The second-order valence-corrected chi connectivity index (χ2v) is 9.16. The van der Waals surface area contributed by atoms with Crippen molar-refractivity contribution in [3.8, 4) is 23.0 Å². The quantitative estimate of drug-likeness (QED) is 0.162. The number of para-hydroxylation sites is 1. The van der Waals surface area contributed by atoms with Crippen LogP contribution in [0.4, 0.5) is 0 Å². The Hall–Kier alpha value is -5.17. The van der Waals surface area contributed by atoms with Gasteiger partial charge in [-0.25, -0.2) is 19.0 Å². The fourth-order valence-electron chi connectivity index (χ4n) is 4.35. The third kappa shape index (κ3) is 5.63. The standard InChI is InChI=1S/C33H28N2O5/c1-2-3-19-29-30(36)34(27-20-22-28(23-21-27)39-32(37)24-13-7-4-8-14-24)35(26-17-11-6-12-18-26)31(29)40-33(38)25-15-9-5-10-16-25/h4-18,20-23H,2-3,19H2,1H3. The van der Waals surface area contributed by atoms with E-state index in [1.54, 1.807) is 77.5 Å². The molecule has 1 heterocycles. The van der Waals surface area contributed by atoms with Crippen LogP contribution in [0.15, 0.2) is 120 Å². The van der Waals surface area contributed by atoms with Crippen molar-refractivity contribution in [2.75, 3.05) is 0 Å². The third-order valence-electron chi connectivity index (χ3n) is 6.38. The van der Waals surface area contributed by atoms with Crippen molar-refractivity contribution in [2.45, 2.75) is 26.2 Å². The maximum Gasteiger partial charge on any atom is 0.344 e. The van der Waals surface area contributed by atoms with Crippen LogP contribution in [0.3, 0.4) is 0 Å². The minimum Gasteiger partial charge on any atom is -0.423 e. The van der Waals surface area contributed by atoms with E-state index in [2.05, 4.69) is 0 Å². The molecule has 0 aliphatic rings. The number of esters is 2. The Kier molecular flexibility index (Phi) is 8.02. The molecule has 0 saturated heterocycles. The highest BCUT2D eigenvalue weighted by atomic mass is 16.5. The Morgan fingerprint density at radius 1 is 0.625 bits per heavy atom. The number of hydrogen-bond acceptors (Lipinski definition) is 5. The number of carbonyl (C=O) groups excluding carboxylic acids is 2. The lowest BCUT2D eigenvalue weighted by Crippen LogP contribution is -2.22. The average molecular weight is 533 g/mol. The molecule has 40 heavy (non-hydrogen) atoms. The smallest absolute Gasteiger partial charge is 0.344 e. The van der Waals surface area contributed by atoms with Gasteiger partial charge in [0.2, 0.25) is 5.88 Å². The van der Waals surface area contributed by atoms with E-state index in [9.17, 15) is 14.4 Å². The number of ether oxygens (including phenoxy) is 2. The Bertz CT molecular complexity index is 1660. The molecule has 0 atom stereocenters. The van der Waals surface area contributed by atoms with Crippen LogP contribution < -0.4 is 15.0 Å². The lowest BCUT2D eigenvalue weighted by atomic mass is 10.1. The summed E-state index contributed by atoms with van der Waals surface area (Å²) in [4.78, 5) is 39.6. The molecule has 0 aliphatic carbocycles. The molecule has 5 aromatic rings. The van der Waals surface area contributed by atoms with Gasteiger partial charge in [-0.1, -0.05) is 67.9 Å². The number of benzene rings is 4. The molecule has 0 bridgehead atoms. The lowest BCUT2D eigenvalue weighted by molar-refractivity contribution is 0.0716. The fourth-order valence-corrected chi connectivity index (χ4v) is 4.35. The van der Waals surface area contributed by atoms with Gasteiger partial charge in [-0.3, -0.25) is 4.79 Å². The van der Waals surface area contributed by atoms with E-state index in [0.717, 1.165) is 12.8 Å². The van der Waals surface area contributed by atoms with Crippen LogP contribution in [0.1, 0.15) is 46.0 Å². The predicted molar refractivity (Wildman–Crippen MR) is 153 cm³/mol. The average Bonchev–Trinajstić information content (AvgIpc) is 3.28. The van der Waals surface area contributed by atoms with Crippen LogP contribution in [0, 0.1) is 0 Å². The van der Waals surface area contributed by atoms with Crippen LogP contribution >= 0.6 is 0 Å². The number of aromatic nitrogens is 2. The Morgan fingerprint density at radius 2 is 1.12 bits per heavy atom. The number of nitrogens with zero attached hydrogens (tertiary/aromatic N) is 2. The summed E-state index contributed by atoms with van der Waals surface area (Å²) in [5.41, 5.74) is 2.11. The maximum absolute atomic E-state index is 13.9. The second kappa shape index (κ2) is 12.1. The van der Waals surface area contributed by atoms with Crippen LogP contribution in [0.2, 0.25) is 0 Å². The zero-order chi connectivity index (χ0) is 27.9. The number of carbonyl (C=O) groups is 2. The zero-order valence-corrected chi connectivity index (χ0v) is 22.0. The summed E-state index contributed by atoms with van der Waals surface area (Å²) in [6, 6.07) is 33.3. The molecule has 0 saturated carbocycles. The highest BCUT2D eigenvalue weighted by molar-refractivity contribution is 5.91. The van der Waals surface area contributed by atoms with Crippen molar-refractivity contribution in [3.05, 3.63) is 142 Å². The summed E-state index contributed by atoms with van der Waals surface area (Å²) in [6.07, 6.45) is 2.06. The van der Waals surface area contributed by atoms with Crippen molar-refractivity contribution in [3.63, 3.8) is 0 Å². The maximum atomic E-state index is 13.9. The molecule has 1 aromatic heterocycles. The molecule has 5 rings (SSSR count). The lowest BCUT2D eigenvalue weighted by Gasteiger charge is -2.15. The largest absolute Gasteiger partial charge is 0.423 e. The van der Waals surface area contributed by atoms with Gasteiger partial charge < -0.3 is 9.47 Å². The van der Waals surface area contributed by atoms with Gasteiger partial charge in [0.1, 0.15) is 5.75 Å². The molecule has 0 unspecified atom stereocenters. The first-order valence-electron chi connectivity index (χ1n) is 13.1. The van der Waals surface area contributed by atoms with Crippen molar-refractivity contribution in [2.24, 2.45) is 0 Å². The molecule has 200 valence electrons. The molecule has 0 aliphatic heterocycles. The number of rotatable bonds is 9. The van der Waals surface area contributed by atoms with Crippen LogP contribution in [-0.4, -0.2) is 21.3 Å². The van der Waals surface area contributed by atoms with Crippen molar-refractivity contribution < 1.29 is 19.1 Å². The van der Waals surface area contributed by atoms with E-state index in [1.165, 1.54) is 4.68 Å². The van der Waals surface area contributed by atoms with Gasteiger partial charge in [0.05, 0.1) is 28.1 Å². The second-order valence-electron chi connectivity index (χ2n) is 9.16. The van der Waals surface area contributed by atoms with E-state index < -0.39 is 11.9 Å². The van der Waals surface area contributed by atoms with Gasteiger partial charge >= 0.3 is 11.9 Å². The molecule has 0 spiro atoms. The molecule has 0 fully saturated rings. The zero-order valence-electron chi connectivity index (χ0n) is 22.0. The minimum absolute atomic E-state index is 0.179. The fraction of sp³-hybridized carbons (Fsp3) is 0.121. The van der Waals surface area contributed by atoms with Crippen LogP contribution in [0.5, 0.6) is 11.6 Å². The van der Waals surface area contributed by atoms with Crippen molar-refractivity contribution >= 4 is 11.9 Å². The highest BCUT2D eigenvalue weighted by Gasteiger charge is 2.26. The topological polar surface area (TPSA) is 79.5 Å². The van der Waals surface area contributed by atoms with E-state index in [4.69, 9.17) is 9.47 Å². The summed E-state index contributed by atoms with van der Waals surface area (Å²) in [7, 11) is 0. The molecule has 4 aromatic carbocycles. The van der Waals surface area contributed by atoms with Gasteiger partial charge in [-0.05, 0) is 73.5 Å². The van der Waals surface area contributed by atoms with Gasteiger partial charge in [-0.15, -0.1) is 0 Å². The van der Waals surface area contributed by atoms with Gasteiger partial charge in [-0.2, -0.15) is 0 Å². The van der Waals surface area contributed by atoms with Gasteiger partial charge in [0.25, 0.3) is 5.56 Å². The number of hydrogen-bond donors (Lipinski definition) is 0. The Morgan fingerprint density at radius 3 is 1.68 bits per heavy atom. The third-order valence-corrected chi connectivity index (χ3v) is 6.38. The molecular formula is C33H28N2O5. The first-order chi connectivity index (χ1) is 19.6. The summed E-state index contributed by atoms with van der Waals surface area (Å²) in [5, 5.41) is 0. The first kappa shape index (κ1) is 26.4. The number of unbranched alkanes of at least 4 members (excludes halogenated alkanes) is 1. The summed E-state index contributed by atoms with van der Waals surface area (Å²) in [5.74, 6) is -0.512. The van der Waals surface area contributed by atoms with Crippen LogP contribution in [-0.2, 0) is 6.42 Å². The summed E-state index contributed by atoms with van der Waals surface area (Å²) >= 11 is 0. The molecule has 7 heteroatoms. The van der Waals surface area contributed by atoms with Gasteiger partial charge in [0, 0.05) is 0 Å². The molecule has 7 nitrogen and oxygen atoms in total. The monoisotopic (exact) mass is 532 g/mol. The van der Waals surface area contributed by atoms with Crippen LogP contribution in [0.25, 0.3) is 11.4 Å². The first-order valence-corrected chi connectivity index (χ1v) is 13.1. The normalized spacial score (nSPS) is 10.7. The van der Waals surface area contributed by atoms with Gasteiger partial charge in [0.15, 0.2) is 0 Å². The SMILES string of the molecule is CCCCc1c(OC(=O)c2ccccc2)n(-c2ccccc2)n(-c2ccc(OC(=O)c3ccccc3)cc2)c1=O. The minimum atomic E-state index is -0.552.